The third kappa shape index (κ3) is 3.41. The molecule has 1 aromatic carbocycles. The van der Waals surface area contributed by atoms with E-state index in [2.05, 4.69) is 9.97 Å². The SMILES string of the molecule is CC(C)c1nc(Cc2cc(F)cc(F)c2)[nH]c(=O)c1I. The normalized spacial score (nSPS) is 11.1. The standard InChI is InChI=1S/C14H13F2IN2O/c1-7(2)13-12(17)14(20)19-11(18-13)5-8-3-9(15)6-10(16)4-8/h3-4,6-7H,5H2,1-2H3,(H,18,19,20). The first-order valence-corrected chi connectivity index (χ1v) is 7.18. The van der Waals surface area contributed by atoms with Crippen LogP contribution in [0.5, 0.6) is 0 Å². The topological polar surface area (TPSA) is 45.8 Å². The van der Waals surface area contributed by atoms with E-state index in [-0.39, 0.29) is 17.9 Å². The van der Waals surface area contributed by atoms with E-state index in [4.69, 9.17) is 0 Å². The highest BCUT2D eigenvalue weighted by Gasteiger charge is 2.13. The summed E-state index contributed by atoms with van der Waals surface area (Å²) in [5, 5.41) is 0. The van der Waals surface area contributed by atoms with Crippen molar-refractivity contribution in [2.75, 3.05) is 0 Å². The summed E-state index contributed by atoms with van der Waals surface area (Å²) in [5.41, 5.74) is 0.902. The highest BCUT2D eigenvalue weighted by atomic mass is 127. The van der Waals surface area contributed by atoms with E-state index in [1.165, 1.54) is 12.1 Å². The number of halogens is 3. The minimum Gasteiger partial charge on any atom is -0.309 e. The number of hydrogen-bond acceptors (Lipinski definition) is 2. The molecule has 2 rings (SSSR count). The largest absolute Gasteiger partial charge is 0.309 e. The van der Waals surface area contributed by atoms with Gasteiger partial charge in [0.2, 0.25) is 0 Å². The van der Waals surface area contributed by atoms with Crippen LogP contribution in [0.3, 0.4) is 0 Å². The Morgan fingerprint density at radius 2 is 1.85 bits per heavy atom. The van der Waals surface area contributed by atoms with E-state index in [0.29, 0.717) is 20.7 Å². The number of rotatable bonds is 3. The molecule has 0 atom stereocenters. The van der Waals surface area contributed by atoms with Crippen molar-refractivity contribution in [2.45, 2.75) is 26.2 Å². The molecule has 0 aliphatic heterocycles. The number of aromatic nitrogens is 2. The average Bonchev–Trinajstić information content (AvgIpc) is 2.31. The van der Waals surface area contributed by atoms with Gasteiger partial charge in [-0.2, -0.15) is 0 Å². The first-order valence-electron chi connectivity index (χ1n) is 6.10. The number of nitrogens with zero attached hydrogens (tertiary/aromatic N) is 1. The molecule has 0 bridgehead atoms. The molecule has 0 fully saturated rings. The molecule has 20 heavy (non-hydrogen) atoms. The number of hydrogen-bond donors (Lipinski definition) is 1. The third-order valence-electron chi connectivity index (χ3n) is 2.78. The summed E-state index contributed by atoms with van der Waals surface area (Å²) in [5.74, 6) is -0.773. The van der Waals surface area contributed by atoms with Crippen LogP contribution in [-0.2, 0) is 6.42 Å². The molecule has 6 heteroatoms. The van der Waals surface area contributed by atoms with E-state index in [1.54, 1.807) is 0 Å². The van der Waals surface area contributed by atoms with E-state index in [0.717, 1.165) is 6.07 Å². The molecule has 0 aliphatic rings. The fourth-order valence-electron chi connectivity index (χ4n) is 1.90. The van der Waals surface area contributed by atoms with Gasteiger partial charge in [-0.15, -0.1) is 0 Å². The molecular weight excluding hydrogens is 377 g/mol. The maximum atomic E-state index is 13.1. The summed E-state index contributed by atoms with van der Waals surface area (Å²) in [6.45, 7) is 3.88. The van der Waals surface area contributed by atoms with E-state index in [9.17, 15) is 13.6 Å². The van der Waals surface area contributed by atoms with Gasteiger partial charge in [0.05, 0.1) is 9.26 Å². The maximum absolute atomic E-state index is 13.1. The molecule has 1 aromatic heterocycles. The summed E-state index contributed by atoms with van der Waals surface area (Å²) in [6, 6.07) is 3.28. The fourth-order valence-corrected chi connectivity index (χ4v) is 2.78. The zero-order valence-corrected chi connectivity index (χ0v) is 13.2. The third-order valence-corrected chi connectivity index (χ3v) is 3.82. The summed E-state index contributed by atoms with van der Waals surface area (Å²) >= 11 is 1.95. The Labute approximate surface area is 128 Å². The Kier molecular flexibility index (Phi) is 4.52. The molecule has 0 amide bonds. The Morgan fingerprint density at radius 1 is 1.25 bits per heavy atom. The Balaban J connectivity index is 2.41. The average molecular weight is 390 g/mol. The van der Waals surface area contributed by atoms with Crippen molar-refractivity contribution in [3.63, 3.8) is 0 Å². The van der Waals surface area contributed by atoms with Gasteiger partial charge in [0.25, 0.3) is 5.56 Å². The lowest BCUT2D eigenvalue weighted by molar-refractivity contribution is 0.580. The Morgan fingerprint density at radius 3 is 2.40 bits per heavy atom. The molecule has 3 nitrogen and oxygen atoms in total. The molecule has 0 radical (unpaired) electrons. The van der Waals surface area contributed by atoms with Crippen LogP contribution in [0.1, 0.15) is 36.8 Å². The van der Waals surface area contributed by atoms with Crippen molar-refractivity contribution >= 4 is 22.6 Å². The van der Waals surface area contributed by atoms with Crippen molar-refractivity contribution in [3.05, 3.63) is 60.8 Å². The van der Waals surface area contributed by atoms with Crippen LogP contribution in [0.4, 0.5) is 8.78 Å². The predicted molar refractivity (Wildman–Crippen MR) is 80.8 cm³/mol. The van der Waals surface area contributed by atoms with Gasteiger partial charge in [0.15, 0.2) is 0 Å². The first kappa shape index (κ1) is 15.1. The van der Waals surface area contributed by atoms with Crippen molar-refractivity contribution < 1.29 is 8.78 Å². The summed E-state index contributed by atoms with van der Waals surface area (Å²) < 4.78 is 26.8. The van der Waals surface area contributed by atoms with Crippen molar-refractivity contribution in [3.8, 4) is 0 Å². The molecular formula is C14H13F2IN2O. The highest BCUT2D eigenvalue weighted by molar-refractivity contribution is 14.1. The van der Waals surface area contributed by atoms with Gasteiger partial charge in [0.1, 0.15) is 17.5 Å². The summed E-state index contributed by atoms with van der Waals surface area (Å²) in [7, 11) is 0. The van der Waals surface area contributed by atoms with Crippen LogP contribution < -0.4 is 5.56 Å². The van der Waals surface area contributed by atoms with Crippen LogP contribution in [0, 0.1) is 15.2 Å². The summed E-state index contributed by atoms with van der Waals surface area (Å²) in [6.07, 6.45) is 0.181. The van der Waals surface area contributed by atoms with E-state index < -0.39 is 11.6 Å². The van der Waals surface area contributed by atoms with E-state index >= 15 is 0 Å². The molecule has 0 unspecified atom stereocenters. The smallest absolute Gasteiger partial charge is 0.264 e. The van der Waals surface area contributed by atoms with Crippen molar-refractivity contribution in [1.82, 2.24) is 9.97 Å². The monoisotopic (exact) mass is 390 g/mol. The molecule has 0 aliphatic carbocycles. The zero-order valence-electron chi connectivity index (χ0n) is 11.0. The lowest BCUT2D eigenvalue weighted by Crippen LogP contribution is -2.19. The van der Waals surface area contributed by atoms with Gasteiger partial charge >= 0.3 is 0 Å². The van der Waals surface area contributed by atoms with Crippen molar-refractivity contribution in [1.29, 1.82) is 0 Å². The van der Waals surface area contributed by atoms with Gasteiger partial charge in [-0.25, -0.2) is 13.8 Å². The van der Waals surface area contributed by atoms with Gasteiger partial charge in [0, 0.05) is 12.5 Å². The summed E-state index contributed by atoms with van der Waals surface area (Å²) in [4.78, 5) is 18.9. The second-order valence-corrected chi connectivity index (χ2v) is 5.90. The second-order valence-electron chi connectivity index (χ2n) is 4.82. The van der Waals surface area contributed by atoms with Gasteiger partial charge in [-0.3, -0.25) is 4.79 Å². The molecule has 1 heterocycles. The minimum absolute atomic E-state index is 0.104. The Hall–Kier alpha value is -1.31. The van der Waals surface area contributed by atoms with Crippen molar-refractivity contribution in [2.24, 2.45) is 0 Å². The van der Waals surface area contributed by atoms with Crippen LogP contribution in [-0.4, -0.2) is 9.97 Å². The lowest BCUT2D eigenvalue weighted by Gasteiger charge is -2.09. The molecule has 0 saturated heterocycles. The second kappa shape index (κ2) is 5.99. The zero-order chi connectivity index (χ0) is 14.9. The maximum Gasteiger partial charge on any atom is 0.264 e. The predicted octanol–water partition coefficient (Wildman–Crippen LogP) is 3.37. The number of aromatic amines is 1. The van der Waals surface area contributed by atoms with Crippen LogP contribution >= 0.6 is 22.6 Å². The van der Waals surface area contributed by atoms with Gasteiger partial charge in [-0.1, -0.05) is 13.8 Å². The lowest BCUT2D eigenvalue weighted by atomic mass is 10.1. The van der Waals surface area contributed by atoms with Crippen LogP contribution in [0.25, 0.3) is 0 Å². The molecule has 106 valence electrons. The highest BCUT2D eigenvalue weighted by Crippen LogP contribution is 2.17. The molecule has 0 spiro atoms. The molecule has 0 saturated carbocycles. The van der Waals surface area contributed by atoms with E-state index in [1.807, 2.05) is 36.4 Å². The number of nitrogens with one attached hydrogen (secondary N) is 1. The van der Waals surface area contributed by atoms with Gasteiger partial charge < -0.3 is 4.98 Å². The Bertz CT molecular complexity index is 678. The van der Waals surface area contributed by atoms with Gasteiger partial charge in [-0.05, 0) is 46.2 Å². The number of H-pyrrole nitrogens is 1. The quantitative estimate of drug-likeness (QED) is 0.818. The first-order chi connectivity index (χ1) is 9.36. The van der Waals surface area contributed by atoms with Crippen LogP contribution in [0.15, 0.2) is 23.0 Å². The molecule has 2 aromatic rings. The number of benzene rings is 1. The fraction of sp³-hybridized carbons (Fsp3) is 0.286. The van der Waals surface area contributed by atoms with Crippen LogP contribution in [0.2, 0.25) is 0 Å². The molecule has 1 N–H and O–H groups in total. The minimum atomic E-state index is -0.642.